The van der Waals surface area contributed by atoms with Crippen molar-refractivity contribution in [2.75, 3.05) is 50.1 Å². The highest BCUT2D eigenvalue weighted by Crippen LogP contribution is 2.38. The van der Waals surface area contributed by atoms with Gasteiger partial charge in [0.15, 0.2) is 29.6 Å². The van der Waals surface area contributed by atoms with Crippen LogP contribution in [0.2, 0.25) is 0 Å². The number of carbonyl (C=O) groups is 3. The van der Waals surface area contributed by atoms with Crippen molar-refractivity contribution < 1.29 is 50.9 Å². The number of nitrogens with zero attached hydrogens (tertiary/aromatic N) is 5. The van der Waals surface area contributed by atoms with Gasteiger partial charge in [-0.2, -0.15) is 13.2 Å². The first-order valence-electron chi connectivity index (χ1n) is 14.4. The van der Waals surface area contributed by atoms with Crippen LogP contribution < -0.4 is 20.3 Å². The fraction of sp³-hybridized carbons (Fsp3) is 0.500. The van der Waals surface area contributed by atoms with E-state index in [-0.39, 0.29) is 35.6 Å². The molecular formula is C28H29F4N7O7. The number of amides is 2. The number of hydrogen-bond donors (Lipinski definition) is 3. The number of anilines is 2. The highest BCUT2D eigenvalue weighted by Gasteiger charge is 2.48. The Balaban J connectivity index is 0.000000480. The molecular weight excluding hydrogens is 622 g/mol. The van der Waals surface area contributed by atoms with Crippen molar-refractivity contribution in [3.8, 4) is 5.88 Å². The summed E-state index contributed by atoms with van der Waals surface area (Å²) >= 11 is 0. The Kier molecular flexibility index (Phi) is 8.18. The van der Waals surface area contributed by atoms with Crippen molar-refractivity contribution in [3.05, 3.63) is 35.1 Å². The molecule has 2 saturated heterocycles. The summed E-state index contributed by atoms with van der Waals surface area (Å²) in [4.78, 5) is 50.1. The third-order valence-electron chi connectivity index (χ3n) is 8.29. The number of hydrogen-bond acceptors (Lipinski definition) is 11. The van der Waals surface area contributed by atoms with Crippen LogP contribution >= 0.6 is 0 Å². The number of aliphatic carboxylic acids is 1. The lowest BCUT2D eigenvalue weighted by Gasteiger charge is -2.38. The molecule has 0 bridgehead atoms. The molecule has 3 aliphatic heterocycles. The number of carboxylic acids is 1. The van der Waals surface area contributed by atoms with Gasteiger partial charge in [-0.3, -0.25) is 9.69 Å². The smallest absolute Gasteiger partial charge is 0.475 e. The second-order valence-corrected chi connectivity index (χ2v) is 11.5. The SMILES string of the molecule is CNCc1nc2cc3c(c(F)c2o1)CC(CN1CCC2(CC1)CN(c1cnc4c(n1)NC(=O)CO4)C(=O)O2)C3.O=C(O)C(F)(F)F. The van der Waals surface area contributed by atoms with Gasteiger partial charge in [0.1, 0.15) is 11.1 Å². The van der Waals surface area contributed by atoms with E-state index in [9.17, 15) is 22.8 Å². The Labute approximate surface area is 258 Å². The van der Waals surface area contributed by atoms with Crippen molar-refractivity contribution in [2.45, 2.75) is 44.0 Å². The number of halogens is 4. The minimum atomic E-state index is -5.08. The molecule has 5 heterocycles. The molecule has 14 nitrogen and oxygen atoms in total. The maximum atomic E-state index is 15.2. The quantitative estimate of drug-likeness (QED) is 0.345. The van der Waals surface area contributed by atoms with Crippen molar-refractivity contribution in [1.82, 2.24) is 25.2 Å². The monoisotopic (exact) mass is 651 g/mol. The van der Waals surface area contributed by atoms with Crippen molar-refractivity contribution in [2.24, 2.45) is 5.92 Å². The molecule has 2 fully saturated rings. The van der Waals surface area contributed by atoms with E-state index in [0.29, 0.717) is 55.5 Å². The number of carboxylic acid groups (broad SMARTS) is 1. The Morgan fingerprint density at radius 2 is 1.96 bits per heavy atom. The van der Waals surface area contributed by atoms with Crippen LogP contribution in [0.5, 0.6) is 5.88 Å². The van der Waals surface area contributed by atoms with E-state index in [1.54, 1.807) is 7.05 Å². The van der Waals surface area contributed by atoms with Crippen LogP contribution in [-0.4, -0.2) is 94.5 Å². The van der Waals surface area contributed by atoms with Gasteiger partial charge in [-0.15, -0.1) is 0 Å². The largest absolute Gasteiger partial charge is 0.490 e. The van der Waals surface area contributed by atoms with Crippen LogP contribution in [0, 0.1) is 11.7 Å². The summed E-state index contributed by atoms with van der Waals surface area (Å²) in [6, 6.07) is 1.97. The van der Waals surface area contributed by atoms with Gasteiger partial charge in [-0.1, -0.05) is 0 Å². The fourth-order valence-electron chi connectivity index (χ4n) is 6.15. The molecule has 3 N–H and O–H groups in total. The van der Waals surface area contributed by atoms with E-state index < -0.39 is 23.8 Å². The molecule has 0 radical (unpaired) electrons. The van der Waals surface area contributed by atoms with Gasteiger partial charge in [-0.05, 0) is 43.0 Å². The predicted octanol–water partition coefficient (Wildman–Crippen LogP) is 2.65. The molecule has 4 aliphatic rings. The topological polar surface area (TPSA) is 172 Å². The Morgan fingerprint density at radius 1 is 1.22 bits per heavy atom. The molecule has 0 saturated carbocycles. The van der Waals surface area contributed by atoms with Crippen LogP contribution in [0.4, 0.5) is 34.0 Å². The second-order valence-electron chi connectivity index (χ2n) is 11.5. The molecule has 2 amide bonds. The number of ether oxygens (including phenoxy) is 2. The molecule has 1 atom stereocenters. The maximum Gasteiger partial charge on any atom is 0.490 e. The van der Waals surface area contributed by atoms with Gasteiger partial charge in [0.25, 0.3) is 11.8 Å². The van der Waals surface area contributed by atoms with Crippen molar-refractivity contribution >= 4 is 40.7 Å². The third-order valence-corrected chi connectivity index (χ3v) is 8.29. The minimum absolute atomic E-state index is 0.114. The zero-order valence-corrected chi connectivity index (χ0v) is 24.4. The highest BCUT2D eigenvalue weighted by atomic mass is 19.4. The van der Waals surface area contributed by atoms with Crippen LogP contribution in [0.15, 0.2) is 16.7 Å². The van der Waals surface area contributed by atoms with Gasteiger partial charge >= 0.3 is 18.2 Å². The molecule has 1 unspecified atom stereocenters. The lowest BCUT2D eigenvalue weighted by atomic mass is 9.90. The highest BCUT2D eigenvalue weighted by molar-refractivity contribution is 5.94. The first-order chi connectivity index (χ1) is 21.8. The van der Waals surface area contributed by atoms with Gasteiger partial charge in [0, 0.05) is 32.5 Å². The Morgan fingerprint density at radius 3 is 2.65 bits per heavy atom. The summed E-state index contributed by atoms with van der Waals surface area (Å²) in [5, 5.41) is 12.7. The summed E-state index contributed by atoms with van der Waals surface area (Å²) in [5.41, 5.74) is 1.96. The lowest BCUT2D eigenvalue weighted by molar-refractivity contribution is -0.192. The lowest BCUT2D eigenvalue weighted by Crippen LogP contribution is -2.48. The van der Waals surface area contributed by atoms with Crippen LogP contribution in [-0.2, 0) is 33.7 Å². The zero-order chi connectivity index (χ0) is 32.8. The number of carbonyl (C=O) groups excluding carboxylic acids is 2. The van der Waals surface area contributed by atoms with Crippen LogP contribution in [0.1, 0.15) is 29.9 Å². The number of benzene rings is 1. The molecule has 46 heavy (non-hydrogen) atoms. The number of aromatic nitrogens is 3. The van der Waals surface area contributed by atoms with E-state index in [1.807, 2.05) is 6.07 Å². The number of nitrogens with one attached hydrogen (secondary N) is 2. The molecule has 1 spiro atoms. The van der Waals surface area contributed by atoms with E-state index in [1.165, 1.54) is 11.1 Å². The fourth-order valence-corrected chi connectivity index (χ4v) is 6.15. The molecule has 7 rings (SSSR count). The molecule has 1 aromatic carbocycles. The third kappa shape index (κ3) is 6.26. The molecule has 3 aromatic rings. The molecule has 18 heteroatoms. The molecule has 1 aliphatic carbocycles. The summed E-state index contributed by atoms with van der Waals surface area (Å²) in [7, 11) is 1.80. The summed E-state index contributed by atoms with van der Waals surface area (Å²) in [5.74, 6) is -1.83. The number of fused-ring (bicyclic) bond motifs is 3. The van der Waals surface area contributed by atoms with Crippen LogP contribution in [0.25, 0.3) is 11.1 Å². The summed E-state index contributed by atoms with van der Waals surface area (Å²) < 4.78 is 63.8. The average Bonchev–Trinajstić information content (AvgIpc) is 3.69. The van der Waals surface area contributed by atoms with E-state index in [0.717, 1.165) is 37.2 Å². The van der Waals surface area contributed by atoms with Gasteiger partial charge in [0.05, 0.1) is 19.3 Å². The number of alkyl halides is 3. The van der Waals surface area contributed by atoms with Gasteiger partial charge in [0.2, 0.25) is 5.89 Å². The van der Waals surface area contributed by atoms with Crippen molar-refractivity contribution in [1.29, 1.82) is 0 Å². The Bertz CT molecular complexity index is 1690. The van der Waals surface area contributed by atoms with Crippen molar-refractivity contribution in [3.63, 3.8) is 0 Å². The first kappa shape index (κ1) is 31.4. The summed E-state index contributed by atoms with van der Waals surface area (Å²) in [6.45, 7) is 3.10. The van der Waals surface area contributed by atoms with E-state index in [4.69, 9.17) is 23.8 Å². The number of piperidine rings is 1. The Hall–Kier alpha value is -4.58. The van der Waals surface area contributed by atoms with E-state index >= 15 is 4.39 Å². The van der Waals surface area contributed by atoms with Gasteiger partial charge in [-0.25, -0.2) is 28.9 Å². The average molecular weight is 652 g/mol. The number of likely N-dealkylation sites (tertiary alicyclic amines) is 1. The zero-order valence-electron chi connectivity index (χ0n) is 24.4. The van der Waals surface area contributed by atoms with E-state index in [2.05, 4.69) is 30.5 Å². The number of oxazole rings is 1. The second kappa shape index (κ2) is 12.0. The van der Waals surface area contributed by atoms with Gasteiger partial charge < -0.3 is 34.5 Å². The molecule has 246 valence electrons. The maximum absolute atomic E-state index is 15.2. The predicted molar refractivity (Wildman–Crippen MR) is 150 cm³/mol. The van der Waals surface area contributed by atoms with Crippen LogP contribution in [0.3, 0.4) is 0 Å². The minimum Gasteiger partial charge on any atom is -0.475 e. The summed E-state index contributed by atoms with van der Waals surface area (Å²) in [6.07, 6.45) is -1.26. The standard InChI is InChI=1S/C26H28FN7O5.C2HF3O2/c1-28-10-20-30-17-8-15-6-14(7-16(15)21(27)22(17)38-20)11-33-4-2-26(3-5-33)13-34(25(36)39-26)18-9-29-24-23(31-18)32-19(35)12-37-24;3-2(4,5)1(6)7/h8-9,14,28H,2-7,10-13H2,1H3,(H,31,32,35);(H,6,7). The number of rotatable bonds is 5. The first-order valence-corrected chi connectivity index (χ1v) is 14.4. The normalized spacial score (nSPS) is 20.5. The molecule has 2 aromatic heterocycles.